The fourth-order valence-electron chi connectivity index (χ4n) is 2.96. The van der Waals surface area contributed by atoms with Crippen molar-refractivity contribution in [1.29, 1.82) is 0 Å². The van der Waals surface area contributed by atoms with Gasteiger partial charge in [0.15, 0.2) is 5.69 Å². The normalized spacial score (nSPS) is 14.3. The van der Waals surface area contributed by atoms with Crippen molar-refractivity contribution in [2.45, 2.75) is 32.1 Å². The monoisotopic (exact) mass is 299 g/mol. The van der Waals surface area contributed by atoms with Crippen molar-refractivity contribution in [1.82, 2.24) is 14.8 Å². The van der Waals surface area contributed by atoms with E-state index in [1.54, 1.807) is 7.05 Å². The Kier molecular flexibility index (Phi) is 4.24. The second kappa shape index (κ2) is 6.32. The Morgan fingerprint density at radius 2 is 1.91 bits per heavy atom. The lowest BCUT2D eigenvalue weighted by Gasteiger charge is -2.12. The lowest BCUT2D eigenvalue weighted by atomic mass is 10.1. The molecule has 116 valence electrons. The molecule has 5 heteroatoms. The number of hydrogen-bond donors (Lipinski definition) is 0. The van der Waals surface area contributed by atoms with E-state index in [1.165, 1.54) is 18.6 Å². The van der Waals surface area contributed by atoms with Gasteiger partial charge in [-0.15, -0.1) is 0 Å². The van der Waals surface area contributed by atoms with Crippen LogP contribution in [0.1, 0.15) is 41.0 Å². The number of nitrogens with zero attached hydrogens (tertiary/aromatic N) is 3. The average Bonchev–Trinajstić information content (AvgIpc) is 2.75. The number of hydroxylamine groups is 2. The number of para-hydroxylation sites is 1. The van der Waals surface area contributed by atoms with Crippen LogP contribution in [-0.4, -0.2) is 34.9 Å². The van der Waals surface area contributed by atoms with Gasteiger partial charge in [-0.25, -0.2) is 9.75 Å². The second-order valence-corrected chi connectivity index (χ2v) is 5.57. The molecule has 0 spiro atoms. The lowest BCUT2D eigenvalue weighted by Crippen LogP contribution is -2.26. The van der Waals surface area contributed by atoms with Crippen molar-refractivity contribution in [3.05, 3.63) is 47.3 Å². The molecule has 0 N–H and O–H groups in total. The van der Waals surface area contributed by atoms with E-state index in [0.29, 0.717) is 5.69 Å². The Hall–Kier alpha value is -2.14. The van der Waals surface area contributed by atoms with E-state index >= 15 is 0 Å². The second-order valence-electron chi connectivity index (χ2n) is 5.57. The molecule has 0 atom stereocenters. The maximum absolute atomic E-state index is 12.5. The molecule has 1 aliphatic carbocycles. The molecular formula is C17H21N3O2. The first-order valence-electron chi connectivity index (χ1n) is 7.70. The molecule has 0 fully saturated rings. The standard InChI is InChI=1S/C17H21N3O2/c1-19(22-2)17(21)16-14-11-7-4-8-12-15(14)20(18-16)13-9-5-3-6-10-13/h3,5-6,9-10H,4,7-8,11-12H2,1-2H3. The molecule has 0 saturated carbocycles. The first kappa shape index (κ1) is 14.8. The highest BCUT2D eigenvalue weighted by molar-refractivity contribution is 5.93. The van der Waals surface area contributed by atoms with Gasteiger partial charge in [0, 0.05) is 18.3 Å². The molecule has 0 saturated heterocycles. The van der Waals surface area contributed by atoms with Gasteiger partial charge in [0.2, 0.25) is 0 Å². The summed E-state index contributed by atoms with van der Waals surface area (Å²) in [5.74, 6) is -0.185. The summed E-state index contributed by atoms with van der Waals surface area (Å²) in [6.07, 6.45) is 5.29. The molecule has 22 heavy (non-hydrogen) atoms. The van der Waals surface area contributed by atoms with Crippen LogP contribution in [0.25, 0.3) is 5.69 Å². The Morgan fingerprint density at radius 1 is 1.18 bits per heavy atom. The van der Waals surface area contributed by atoms with E-state index in [9.17, 15) is 4.79 Å². The number of aromatic nitrogens is 2. The van der Waals surface area contributed by atoms with Gasteiger partial charge in [0.25, 0.3) is 5.91 Å². The van der Waals surface area contributed by atoms with Crippen LogP contribution >= 0.6 is 0 Å². The van der Waals surface area contributed by atoms with Crippen molar-refractivity contribution in [3.63, 3.8) is 0 Å². The van der Waals surface area contributed by atoms with Crippen LogP contribution in [0, 0.1) is 0 Å². The zero-order chi connectivity index (χ0) is 15.5. The SMILES string of the molecule is CON(C)C(=O)c1nn(-c2ccccc2)c2c1CCCCC2. The van der Waals surface area contributed by atoms with Crippen LogP contribution in [0.3, 0.4) is 0 Å². The van der Waals surface area contributed by atoms with Gasteiger partial charge in [-0.05, 0) is 37.8 Å². The largest absolute Gasteiger partial charge is 0.297 e. The zero-order valence-corrected chi connectivity index (χ0v) is 13.1. The molecule has 0 aliphatic heterocycles. The highest BCUT2D eigenvalue weighted by Crippen LogP contribution is 2.27. The quantitative estimate of drug-likeness (QED) is 0.647. The molecule has 0 bridgehead atoms. The minimum atomic E-state index is -0.185. The van der Waals surface area contributed by atoms with E-state index in [0.717, 1.165) is 42.6 Å². The number of carbonyl (C=O) groups excluding carboxylic acids is 1. The molecule has 1 heterocycles. The number of hydrogen-bond acceptors (Lipinski definition) is 3. The minimum absolute atomic E-state index is 0.185. The van der Waals surface area contributed by atoms with Crippen molar-refractivity contribution in [3.8, 4) is 5.69 Å². The summed E-state index contributed by atoms with van der Waals surface area (Å²) in [7, 11) is 3.11. The summed E-state index contributed by atoms with van der Waals surface area (Å²) in [4.78, 5) is 17.6. The predicted octanol–water partition coefficient (Wildman–Crippen LogP) is 2.77. The van der Waals surface area contributed by atoms with Gasteiger partial charge in [0.1, 0.15) is 0 Å². The van der Waals surface area contributed by atoms with Gasteiger partial charge in [-0.1, -0.05) is 24.6 Å². The van der Waals surface area contributed by atoms with E-state index in [4.69, 9.17) is 4.84 Å². The Labute approximate surface area is 130 Å². The third-order valence-corrected chi connectivity index (χ3v) is 4.19. The van der Waals surface area contributed by atoms with Crippen LogP contribution in [0.5, 0.6) is 0 Å². The lowest BCUT2D eigenvalue weighted by molar-refractivity contribution is -0.0761. The van der Waals surface area contributed by atoms with Crippen molar-refractivity contribution in [2.24, 2.45) is 0 Å². The molecule has 0 unspecified atom stereocenters. The number of amides is 1. The highest BCUT2D eigenvalue weighted by atomic mass is 16.7. The molecule has 0 radical (unpaired) electrons. The maximum atomic E-state index is 12.5. The predicted molar refractivity (Wildman–Crippen MR) is 83.9 cm³/mol. The molecule has 1 aromatic heterocycles. The molecule has 1 aromatic carbocycles. The number of rotatable bonds is 3. The fraction of sp³-hybridized carbons (Fsp3) is 0.412. The summed E-state index contributed by atoms with van der Waals surface area (Å²) in [6.45, 7) is 0. The molecule has 1 amide bonds. The van der Waals surface area contributed by atoms with Crippen molar-refractivity contribution < 1.29 is 9.63 Å². The molecule has 3 rings (SSSR count). The third kappa shape index (κ3) is 2.64. The molecule has 5 nitrogen and oxygen atoms in total. The van der Waals surface area contributed by atoms with E-state index in [1.807, 2.05) is 35.0 Å². The van der Waals surface area contributed by atoms with E-state index in [2.05, 4.69) is 5.10 Å². The zero-order valence-electron chi connectivity index (χ0n) is 13.1. The smallest absolute Gasteiger partial charge is 0.274 e. The van der Waals surface area contributed by atoms with Gasteiger partial charge < -0.3 is 0 Å². The summed E-state index contributed by atoms with van der Waals surface area (Å²) in [6, 6.07) is 10.0. The molecule has 2 aromatic rings. The topological polar surface area (TPSA) is 47.4 Å². The minimum Gasteiger partial charge on any atom is -0.274 e. The number of fused-ring (bicyclic) bond motifs is 1. The summed E-state index contributed by atoms with van der Waals surface area (Å²) < 4.78 is 1.93. The fourth-order valence-corrected chi connectivity index (χ4v) is 2.96. The van der Waals surface area contributed by atoms with Gasteiger partial charge in [0.05, 0.1) is 12.8 Å². The third-order valence-electron chi connectivity index (χ3n) is 4.19. The van der Waals surface area contributed by atoms with Gasteiger partial charge in [-0.3, -0.25) is 9.63 Å². The summed E-state index contributed by atoms with van der Waals surface area (Å²) >= 11 is 0. The van der Waals surface area contributed by atoms with Crippen LogP contribution in [0.4, 0.5) is 0 Å². The van der Waals surface area contributed by atoms with Crippen molar-refractivity contribution in [2.75, 3.05) is 14.2 Å². The van der Waals surface area contributed by atoms with Crippen LogP contribution in [-0.2, 0) is 17.7 Å². The summed E-state index contributed by atoms with van der Waals surface area (Å²) in [5, 5.41) is 5.86. The van der Waals surface area contributed by atoms with Gasteiger partial charge >= 0.3 is 0 Å². The van der Waals surface area contributed by atoms with Crippen LogP contribution in [0.2, 0.25) is 0 Å². The van der Waals surface area contributed by atoms with Crippen LogP contribution < -0.4 is 0 Å². The maximum Gasteiger partial charge on any atom is 0.297 e. The van der Waals surface area contributed by atoms with Crippen molar-refractivity contribution >= 4 is 5.91 Å². The Balaban J connectivity index is 2.12. The average molecular weight is 299 g/mol. The first-order chi connectivity index (χ1) is 10.7. The highest BCUT2D eigenvalue weighted by Gasteiger charge is 2.26. The Bertz CT molecular complexity index is 664. The van der Waals surface area contributed by atoms with E-state index < -0.39 is 0 Å². The summed E-state index contributed by atoms with van der Waals surface area (Å²) in [5.41, 5.74) is 3.76. The number of benzene rings is 1. The van der Waals surface area contributed by atoms with E-state index in [-0.39, 0.29) is 5.91 Å². The molecular weight excluding hydrogens is 278 g/mol. The van der Waals surface area contributed by atoms with Crippen LogP contribution in [0.15, 0.2) is 30.3 Å². The van der Waals surface area contributed by atoms with Gasteiger partial charge in [-0.2, -0.15) is 5.10 Å². The molecule has 1 aliphatic rings. The first-order valence-corrected chi connectivity index (χ1v) is 7.70. The Morgan fingerprint density at radius 3 is 2.64 bits per heavy atom. The number of carbonyl (C=O) groups is 1.